The van der Waals surface area contributed by atoms with Gasteiger partial charge in [0.25, 0.3) is 0 Å². The molecule has 0 spiro atoms. The molecule has 4 aromatic rings. The van der Waals surface area contributed by atoms with Crippen molar-refractivity contribution in [2.75, 3.05) is 0 Å². The summed E-state index contributed by atoms with van der Waals surface area (Å²) in [6.45, 7) is 0. The van der Waals surface area contributed by atoms with Gasteiger partial charge in [0.1, 0.15) is 17.2 Å². The summed E-state index contributed by atoms with van der Waals surface area (Å²) in [5.74, 6) is 1.88. The molecule has 0 saturated carbocycles. The van der Waals surface area contributed by atoms with Gasteiger partial charge in [-0.3, -0.25) is 4.98 Å². The van der Waals surface area contributed by atoms with Crippen molar-refractivity contribution >= 4 is 34.4 Å². The summed E-state index contributed by atoms with van der Waals surface area (Å²) in [5, 5.41) is 11.3. The van der Waals surface area contributed by atoms with Gasteiger partial charge in [0.2, 0.25) is 10.6 Å². The lowest BCUT2D eigenvalue weighted by molar-refractivity contribution is 0.574. The number of nitrogens with zero attached hydrogens (tertiary/aromatic N) is 4. The topological polar surface area (TPSA) is 72.0 Å². The average molecular weight is 426 g/mol. The van der Waals surface area contributed by atoms with Crippen molar-refractivity contribution < 1.29 is 4.42 Å². The monoisotopic (exact) mass is 425 g/mol. The van der Waals surface area contributed by atoms with E-state index in [1.54, 1.807) is 12.4 Å². The number of nitrogens with one attached hydrogen (secondary N) is 1. The van der Waals surface area contributed by atoms with Crippen LogP contribution in [-0.2, 0) is 0 Å². The molecule has 3 aromatic heterocycles. The lowest BCUT2D eigenvalue weighted by Crippen LogP contribution is -1.95. The zero-order chi connectivity index (χ0) is 17.9. The van der Waals surface area contributed by atoms with E-state index < -0.39 is 0 Å². The lowest BCUT2D eigenvalue weighted by atomic mass is 10.2. The van der Waals surface area contributed by atoms with Crippen LogP contribution in [0.25, 0.3) is 22.8 Å². The number of aromatic amines is 1. The van der Waals surface area contributed by atoms with Gasteiger partial charge < -0.3 is 4.42 Å². The van der Waals surface area contributed by atoms with E-state index in [9.17, 15) is 0 Å². The van der Waals surface area contributed by atoms with Crippen LogP contribution in [0.5, 0.6) is 0 Å². The van der Waals surface area contributed by atoms with Crippen LogP contribution in [-0.4, -0.2) is 26.1 Å². The van der Waals surface area contributed by atoms with E-state index in [4.69, 9.17) is 16.6 Å². The van der Waals surface area contributed by atoms with E-state index >= 15 is 0 Å². The van der Waals surface area contributed by atoms with E-state index in [1.807, 2.05) is 54.6 Å². The first-order chi connectivity index (χ1) is 12.7. The van der Waals surface area contributed by atoms with Crippen molar-refractivity contribution in [3.63, 3.8) is 0 Å². The second-order valence-electron chi connectivity index (χ2n) is 5.31. The second-order valence-corrected chi connectivity index (χ2v) is 6.55. The molecule has 4 rings (SSSR count). The van der Waals surface area contributed by atoms with Crippen molar-refractivity contribution in [3.8, 4) is 22.8 Å². The summed E-state index contributed by atoms with van der Waals surface area (Å²) >= 11 is 8.78. The lowest BCUT2D eigenvalue weighted by Gasteiger charge is -2.00. The first-order valence-electron chi connectivity index (χ1n) is 7.70. The summed E-state index contributed by atoms with van der Waals surface area (Å²) in [4.78, 5) is 4.28. The molecule has 0 aliphatic heterocycles. The molecule has 0 atom stereocenters. The highest BCUT2D eigenvalue weighted by atomic mass is 79.9. The molecule has 0 bridgehead atoms. The number of hydrogen-bond donors (Lipinski definition) is 1. The van der Waals surface area contributed by atoms with Crippen LogP contribution in [0.1, 0.15) is 5.76 Å². The molecule has 0 fully saturated rings. The maximum absolute atomic E-state index is 5.86. The molecule has 6 nitrogen and oxygen atoms in total. The largest absolute Gasteiger partial charge is 0.455 e. The van der Waals surface area contributed by atoms with Crippen molar-refractivity contribution in [1.82, 2.24) is 19.9 Å². The summed E-state index contributed by atoms with van der Waals surface area (Å²) < 4.78 is 8.71. The van der Waals surface area contributed by atoms with Gasteiger partial charge in [-0.15, -0.1) is 0 Å². The molecule has 0 aliphatic carbocycles. The van der Waals surface area contributed by atoms with Crippen molar-refractivity contribution in [2.45, 2.75) is 0 Å². The Kier molecular flexibility index (Phi) is 4.59. The van der Waals surface area contributed by atoms with E-state index in [0.717, 1.165) is 15.8 Å². The van der Waals surface area contributed by atoms with Crippen LogP contribution < -0.4 is 0 Å². The van der Waals surface area contributed by atoms with Gasteiger partial charge in [0.15, 0.2) is 0 Å². The van der Waals surface area contributed by atoms with E-state index in [1.165, 1.54) is 4.68 Å². The summed E-state index contributed by atoms with van der Waals surface area (Å²) in [6, 6.07) is 17.2. The van der Waals surface area contributed by atoms with E-state index in [0.29, 0.717) is 22.0 Å². The Morgan fingerprint density at radius 2 is 1.96 bits per heavy atom. The van der Waals surface area contributed by atoms with Crippen LogP contribution in [0.15, 0.2) is 74.8 Å². The Bertz CT molecular complexity index is 1130. The number of hydrogen-bond acceptors (Lipinski definition) is 5. The maximum Gasteiger partial charge on any atom is 0.216 e. The zero-order valence-electron chi connectivity index (χ0n) is 13.3. The van der Waals surface area contributed by atoms with Gasteiger partial charge >= 0.3 is 0 Å². The molecule has 0 radical (unpaired) electrons. The third kappa shape index (κ3) is 3.29. The van der Waals surface area contributed by atoms with E-state index in [-0.39, 0.29) is 0 Å². The Labute approximate surface area is 162 Å². The zero-order valence-corrected chi connectivity index (χ0v) is 15.7. The van der Waals surface area contributed by atoms with Gasteiger partial charge in [-0.05, 0) is 42.5 Å². The standard InChI is InChI=1S/C18H12BrN5OS/c19-14-6-2-1-5-13(14)16-9-8-12(25-16)11-21-24-17(22-23-18(24)26)15-7-3-4-10-20-15/h1-11H,(H,23,26)/b21-11+. The highest BCUT2D eigenvalue weighted by molar-refractivity contribution is 9.10. The van der Waals surface area contributed by atoms with Gasteiger partial charge in [-0.1, -0.05) is 40.2 Å². The molecule has 3 heterocycles. The second kappa shape index (κ2) is 7.19. The SMILES string of the molecule is S=c1[nH]nc(-c2ccccn2)n1/N=C/c1ccc(-c2ccccc2Br)o1. The molecule has 0 unspecified atom stereocenters. The van der Waals surface area contributed by atoms with Crippen molar-refractivity contribution in [3.05, 3.63) is 75.8 Å². The van der Waals surface area contributed by atoms with Crippen LogP contribution in [0.3, 0.4) is 0 Å². The number of aromatic nitrogens is 4. The molecule has 1 N–H and O–H groups in total. The Morgan fingerprint density at radius 3 is 2.77 bits per heavy atom. The molecule has 0 amide bonds. The maximum atomic E-state index is 5.86. The number of pyridine rings is 1. The highest BCUT2D eigenvalue weighted by Crippen LogP contribution is 2.29. The fourth-order valence-electron chi connectivity index (χ4n) is 2.40. The fourth-order valence-corrected chi connectivity index (χ4v) is 3.06. The number of rotatable bonds is 4. The molecule has 0 saturated heterocycles. The number of halogens is 1. The minimum atomic E-state index is 0.375. The van der Waals surface area contributed by atoms with Gasteiger partial charge in [0, 0.05) is 16.2 Å². The van der Waals surface area contributed by atoms with Gasteiger partial charge in [0.05, 0.1) is 6.21 Å². The molecule has 1 aromatic carbocycles. The predicted octanol–water partition coefficient (Wildman–Crippen LogP) is 4.91. The van der Waals surface area contributed by atoms with E-state index in [2.05, 4.69) is 36.2 Å². The van der Waals surface area contributed by atoms with Crippen LogP contribution >= 0.6 is 28.1 Å². The van der Waals surface area contributed by atoms with Crippen LogP contribution in [0.4, 0.5) is 0 Å². The summed E-state index contributed by atoms with van der Waals surface area (Å²) in [7, 11) is 0. The average Bonchev–Trinajstić information content (AvgIpc) is 3.28. The smallest absolute Gasteiger partial charge is 0.216 e. The number of furan rings is 1. The minimum absolute atomic E-state index is 0.375. The molecule has 26 heavy (non-hydrogen) atoms. The van der Waals surface area contributed by atoms with Crippen molar-refractivity contribution in [1.29, 1.82) is 0 Å². The first kappa shape index (κ1) is 16.6. The van der Waals surface area contributed by atoms with Crippen molar-refractivity contribution in [2.24, 2.45) is 5.10 Å². The molecular formula is C18H12BrN5OS. The highest BCUT2D eigenvalue weighted by Gasteiger charge is 2.10. The third-order valence-corrected chi connectivity index (χ3v) is 4.57. The quantitative estimate of drug-likeness (QED) is 0.372. The van der Waals surface area contributed by atoms with Gasteiger partial charge in [-0.2, -0.15) is 14.9 Å². The van der Waals surface area contributed by atoms with Gasteiger partial charge in [-0.25, -0.2) is 5.10 Å². The predicted molar refractivity (Wildman–Crippen MR) is 105 cm³/mol. The first-order valence-corrected chi connectivity index (χ1v) is 8.90. The Hall–Kier alpha value is -2.84. The number of benzene rings is 1. The molecular weight excluding hydrogens is 414 g/mol. The Morgan fingerprint density at radius 1 is 1.12 bits per heavy atom. The molecule has 0 aliphatic rings. The normalized spacial score (nSPS) is 11.3. The number of H-pyrrole nitrogens is 1. The Balaban J connectivity index is 1.65. The van der Waals surface area contributed by atoms with Crippen LogP contribution in [0, 0.1) is 4.77 Å². The summed E-state index contributed by atoms with van der Waals surface area (Å²) in [5.41, 5.74) is 1.64. The summed E-state index contributed by atoms with van der Waals surface area (Å²) in [6.07, 6.45) is 3.29. The molecule has 128 valence electrons. The molecule has 8 heteroatoms. The van der Waals surface area contributed by atoms with Crippen LogP contribution in [0.2, 0.25) is 0 Å². The minimum Gasteiger partial charge on any atom is -0.455 e. The fraction of sp³-hybridized carbons (Fsp3) is 0. The third-order valence-electron chi connectivity index (χ3n) is 3.61.